The number of methoxy groups -OCH3 is 1. The molecule has 1 aromatic heterocycles. The van der Waals surface area contributed by atoms with E-state index in [1.165, 1.54) is 31.6 Å². The molecule has 1 heterocycles. The molecule has 0 atom stereocenters. The van der Waals surface area contributed by atoms with Crippen molar-refractivity contribution in [3.05, 3.63) is 48.3 Å². The van der Waals surface area contributed by atoms with E-state index in [0.29, 0.717) is 5.75 Å². The van der Waals surface area contributed by atoms with Crippen LogP contribution < -0.4 is 4.74 Å². The molecule has 0 aliphatic heterocycles. The van der Waals surface area contributed by atoms with Gasteiger partial charge in [-0.1, -0.05) is 0 Å². The molecule has 0 radical (unpaired) electrons. The Balaban J connectivity index is 2.40. The third kappa shape index (κ3) is 2.37. The lowest BCUT2D eigenvalue weighted by Crippen LogP contribution is -2.10. The summed E-state index contributed by atoms with van der Waals surface area (Å²) in [6.45, 7) is 0. The summed E-state index contributed by atoms with van der Waals surface area (Å²) < 4.78 is 30.6. The first-order valence-electron chi connectivity index (χ1n) is 5.20. The Morgan fingerprint density at radius 1 is 1.22 bits per heavy atom. The van der Waals surface area contributed by atoms with Crippen molar-refractivity contribution in [1.82, 2.24) is 3.97 Å². The first-order chi connectivity index (χ1) is 8.57. The molecule has 0 N–H and O–H groups in total. The molecule has 1 aromatic carbocycles. The highest BCUT2D eigenvalue weighted by Crippen LogP contribution is 2.19. The van der Waals surface area contributed by atoms with Crippen molar-refractivity contribution in [2.75, 3.05) is 7.11 Å². The van der Waals surface area contributed by atoms with Gasteiger partial charge in [-0.05, 0) is 35.9 Å². The van der Waals surface area contributed by atoms with Crippen molar-refractivity contribution in [3.63, 3.8) is 0 Å². The van der Waals surface area contributed by atoms with Crippen LogP contribution in [0.4, 0.5) is 0 Å². The second kappa shape index (κ2) is 5.04. The minimum Gasteiger partial charge on any atom is -0.497 e. The maximum Gasteiger partial charge on any atom is 0.267 e. The van der Waals surface area contributed by atoms with Crippen molar-refractivity contribution in [2.24, 2.45) is 0 Å². The topological polar surface area (TPSA) is 48.3 Å². The van der Waals surface area contributed by atoms with Crippen LogP contribution in [0.15, 0.2) is 47.6 Å². The predicted octanol–water partition coefficient (Wildman–Crippen LogP) is 2.47. The van der Waals surface area contributed by atoms with Crippen molar-refractivity contribution < 1.29 is 13.2 Å². The van der Waals surface area contributed by atoms with Gasteiger partial charge in [-0.25, -0.2) is 12.4 Å². The second-order valence-electron chi connectivity index (χ2n) is 3.66. The van der Waals surface area contributed by atoms with E-state index in [1.807, 2.05) is 0 Å². The standard InChI is InChI=1S/C12H12ClNO3S/c1-17-11-2-4-12(5-3-11)18(15,16)14-7-6-10(8-13)9-14/h2-7,9H,8H2,1H3. The fourth-order valence-electron chi connectivity index (χ4n) is 1.52. The average molecular weight is 286 g/mol. The molecule has 2 rings (SSSR count). The quantitative estimate of drug-likeness (QED) is 0.811. The van der Waals surface area contributed by atoms with Crippen LogP contribution in [0.2, 0.25) is 0 Å². The highest BCUT2D eigenvalue weighted by Gasteiger charge is 2.16. The van der Waals surface area contributed by atoms with Crippen molar-refractivity contribution >= 4 is 21.6 Å². The molecule has 4 nitrogen and oxygen atoms in total. The van der Waals surface area contributed by atoms with Crippen LogP contribution >= 0.6 is 11.6 Å². The molecule has 0 spiro atoms. The van der Waals surface area contributed by atoms with Gasteiger partial charge in [0.15, 0.2) is 0 Å². The van der Waals surface area contributed by atoms with Crippen LogP contribution in [0.5, 0.6) is 5.75 Å². The van der Waals surface area contributed by atoms with Gasteiger partial charge in [0.05, 0.1) is 12.0 Å². The third-order valence-corrected chi connectivity index (χ3v) is 4.48. The monoisotopic (exact) mass is 285 g/mol. The molecule has 0 unspecified atom stereocenters. The van der Waals surface area contributed by atoms with E-state index < -0.39 is 10.0 Å². The third-order valence-electron chi connectivity index (χ3n) is 2.52. The lowest BCUT2D eigenvalue weighted by Gasteiger charge is -2.06. The minimum absolute atomic E-state index is 0.208. The Labute approximate surface area is 111 Å². The fourth-order valence-corrected chi connectivity index (χ4v) is 2.89. The summed E-state index contributed by atoms with van der Waals surface area (Å²) >= 11 is 5.65. The van der Waals surface area contributed by atoms with E-state index in [9.17, 15) is 8.42 Å². The molecule has 6 heteroatoms. The number of alkyl halides is 1. The first-order valence-corrected chi connectivity index (χ1v) is 7.18. The van der Waals surface area contributed by atoms with E-state index in [4.69, 9.17) is 16.3 Å². The number of aromatic nitrogens is 1. The van der Waals surface area contributed by atoms with Crippen LogP contribution in [0.1, 0.15) is 5.56 Å². The van der Waals surface area contributed by atoms with Crippen molar-refractivity contribution in [3.8, 4) is 5.75 Å². The Bertz CT molecular complexity index is 632. The Hall–Kier alpha value is -1.46. The summed E-state index contributed by atoms with van der Waals surface area (Å²) in [5.74, 6) is 0.897. The lowest BCUT2D eigenvalue weighted by molar-refractivity contribution is 0.414. The Kier molecular flexibility index (Phi) is 3.63. The predicted molar refractivity (Wildman–Crippen MR) is 69.6 cm³/mol. The molecule has 0 saturated carbocycles. The molecule has 0 aliphatic carbocycles. The Morgan fingerprint density at radius 3 is 2.39 bits per heavy atom. The molecule has 0 saturated heterocycles. The van der Waals surface area contributed by atoms with Crippen LogP contribution in [-0.4, -0.2) is 19.5 Å². The zero-order valence-corrected chi connectivity index (χ0v) is 11.3. The molecule has 96 valence electrons. The SMILES string of the molecule is COc1ccc(S(=O)(=O)n2ccc(CCl)c2)cc1. The minimum atomic E-state index is -3.55. The summed E-state index contributed by atoms with van der Waals surface area (Å²) in [7, 11) is -2.02. The van der Waals surface area contributed by atoms with E-state index in [0.717, 1.165) is 9.54 Å². The number of ether oxygens (including phenoxy) is 1. The molecular formula is C12H12ClNO3S. The first kappa shape index (κ1) is 13.0. The molecule has 0 amide bonds. The van der Waals surface area contributed by atoms with Gasteiger partial charge in [0.1, 0.15) is 5.75 Å². The van der Waals surface area contributed by atoms with E-state index >= 15 is 0 Å². The zero-order valence-electron chi connectivity index (χ0n) is 9.71. The van der Waals surface area contributed by atoms with Crippen LogP contribution in [0.3, 0.4) is 0 Å². The molecule has 2 aromatic rings. The summed E-state index contributed by atoms with van der Waals surface area (Å²) in [5, 5.41) is 0. The van der Waals surface area contributed by atoms with Crippen LogP contribution in [0.25, 0.3) is 0 Å². The maximum absolute atomic E-state index is 12.2. The second-order valence-corrected chi connectivity index (χ2v) is 5.77. The number of benzene rings is 1. The smallest absolute Gasteiger partial charge is 0.267 e. The summed E-state index contributed by atoms with van der Waals surface area (Å²) in [6.07, 6.45) is 2.99. The van der Waals surface area contributed by atoms with Gasteiger partial charge >= 0.3 is 0 Å². The van der Waals surface area contributed by atoms with E-state index in [1.54, 1.807) is 18.2 Å². The molecule has 0 fully saturated rings. The zero-order chi connectivity index (χ0) is 13.2. The maximum atomic E-state index is 12.2. The van der Waals surface area contributed by atoms with Gasteiger partial charge in [-0.15, -0.1) is 11.6 Å². The molecule has 0 aliphatic rings. The number of hydrogen-bond acceptors (Lipinski definition) is 3. The van der Waals surface area contributed by atoms with Crippen molar-refractivity contribution in [2.45, 2.75) is 10.8 Å². The van der Waals surface area contributed by atoms with Crippen LogP contribution in [-0.2, 0) is 15.9 Å². The molecule has 0 bridgehead atoms. The normalized spacial score (nSPS) is 11.4. The van der Waals surface area contributed by atoms with E-state index in [-0.39, 0.29) is 10.8 Å². The van der Waals surface area contributed by atoms with Gasteiger partial charge in [-0.3, -0.25) is 0 Å². The summed E-state index contributed by atoms with van der Waals surface area (Å²) in [4.78, 5) is 0.208. The van der Waals surface area contributed by atoms with Gasteiger partial charge in [0.25, 0.3) is 10.0 Å². The number of hydrogen-bond donors (Lipinski definition) is 0. The van der Waals surface area contributed by atoms with Gasteiger partial charge < -0.3 is 4.74 Å². The van der Waals surface area contributed by atoms with E-state index in [2.05, 4.69) is 0 Å². The largest absolute Gasteiger partial charge is 0.497 e. The summed E-state index contributed by atoms with van der Waals surface area (Å²) in [6, 6.07) is 7.91. The van der Waals surface area contributed by atoms with Gasteiger partial charge in [0, 0.05) is 18.3 Å². The Morgan fingerprint density at radius 2 is 1.89 bits per heavy atom. The molecular weight excluding hydrogens is 274 g/mol. The highest BCUT2D eigenvalue weighted by molar-refractivity contribution is 7.90. The fraction of sp³-hybridized carbons (Fsp3) is 0.167. The summed E-state index contributed by atoms with van der Waals surface area (Å²) in [5.41, 5.74) is 0.758. The highest BCUT2D eigenvalue weighted by atomic mass is 35.5. The lowest BCUT2D eigenvalue weighted by atomic mass is 10.3. The number of nitrogens with zero attached hydrogens (tertiary/aromatic N) is 1. The number of rotatable bonds is 4. The average Bonchev–Trinajstić information content (AvgIpc) is 2.88. The van der Waals surface area contributed by atoms with Gasteiger partial charge in [0.2, 0.25) is 0 Å². The molecule has 18 heavy (non-hydrogen) atoms. The van der Waals surface area contributed by atoms with Crippen LogP contribution in [0, 0.1) is 0 Å². The van der Waals surface area contributed by atoms with Gasteiger partial charge in [-0.2, -0.15) is 0 Å². The number of halogens is 1. The van der Waals surface area contributed by atoms with Crippen molar-refractivity contribution in [1.29, 1.82) is 0 Å².